The summed E-state index contributed by atoms with van der Waals surface area (Å²) < 4.78 is 0. The van der Waals surface area contributed by atoms with Crippen molar-refractivity contribution in [1.82, 2.24) is 4.90 Å². The van der Waals surface area contributed by atoms with Crippen LogP contribution in [0.5, 0.6) is 0 Å². The molecule has 1 aliphatic rings. The van der Waals surface area contributed by atoms with Crippen molar-refractivity contribution < 1.29 is 0 Å². The van der Waals surface area contributed by atoms with Crippen molar-refractivity contribution in [2.45, 2.75) is 52.9 Å². The Balaban J connectivity index is 2.00. The molecular formula is C13H27N. The molecule has 0 N–H and O–H groups in total. The third-order valence-electron chi connectivity index (χ3n) is 3.25. The largest absolute Gasteiger partial charge is 0.303 e. The lowest BCUT2D eigenvalue weighted by Crippen LogP contribution is -2.34. The minimum Gasteiger partial charge on any atom is -0.303 e. The highest BCUT2D eigenvalue weighted by atomic mass is 15.1. The number of nitrogens with zero attached hydrogens (tertiary/aromatic N) is 1. The van der Waals surface area contributed by atoms with Gasteiger partial charge >= 0.3 is 0 Å². The molecule has 1 heterocycles. The second-order valence-corrected chi connectivity index (χ2v) is 5.44. The van der Waals surface area contributed by atoms with E-state index in [0.29, 0.717) is 0 Å². The first-order chi connectivity index (χ1) is 6.68. The van der Waals surface area contributed by atoms with Gasteiger partial charge in [-0.15, -0.1) is 0 Å². The molecule has 1 rings (SSSR count). The quantitative estimate of drug-likeness (QED) is 0.609. The van der Waals surface area contributed by atoms with Crippen molar-refractivity contribution in [3.8, 4) is 0 Å². The van der Waals surface area contributed by atoms with Gasteiger partial charge in [0.1, 0.15) is 0 Å². The first-order valence-corrected chi connectivity index (χ1v) is 6.41. The molecule has 14 heavy (non-hydrogen) atoms. The smallest absolute Gasteiger partial charge is 0.000703 e. The van der Waals surface area contributed by atoms with Crippen LogP contribution >= 0.6 is 0 Å². The molecule has 1 fully saturated rings. The average molecular weight is 197 g/mol. The third-order valence-corrected chi connectivity index (χ3v) is 3.25. The highest BCUT2D eigenvalue weighted by molar-refractivity contribution is 4.69. The summed E-state index contributed by atoms with van der Waals surface area (Å²) >= 11 is 0. The monoisotopic (exact) mass is 197 g/mol. The van der Waals surface area contributed by atoms with Crippen molar-refractivity contribution in [2.75, 3.05) is 19.6 Å². The average Bonchev–Trinajstić information content (AvgIpc) is 2.12. The van der Waals surface area contributed by atoms with Crippen LogP contribution in [-0.2, 0) is 0 Å². The summed E-state index contributed by atoms with van der Waals surface area (Å²) in [4.78, 5) is 2.66. The summed E-state index contributed by atoms with van der Waals surface area (Å²) in [7, 11) is 0. The van der Waals surface area contributed by atoms with E-state index >= 15 is 0 Å². The second-order valence-electron chi connectivity index (χ2n) is 5.44. The maximum Gasteiger partial charge on any atom is 0.000703 e. The molecule has 0 amide bonds. The first-order valence-electron chi connectivity index (χ1n) is 6.41. The van der Waals surface area contributed by atoms with E-state index in [1.807, 2.05) is 0 Å². The molecular weight excluding hydrogens is 170 g/mol. The van der Waals surface area contributed by atoms with E-state index < -0.39 is 0 Å². The van der Waals surface area contributed by atoms with Gasteiger partial charge in [-0.1, -0.05) is 33.6 Å². The Morgan fingerprint density at radius 1 is 1.29 bits per heavy atom. The molecule has 1 atom stereocenters. The standard InChI is InChI=1S/C13H27N/c1-12(2)7-4-5-9-14-10-6-8-13(3)11-14/h12-13H,4-11H2,1-3H3. The van der Waals surface area contributed by atoms with Crippen LogP contribution in [0.25, 0.3) is 0 Å². The zero-order valence-electron chi connectivity index (χ0n) is 10.3. The van der Waals surface area contributed by atoms with Crippen LogP contribution in [0.2, 0.25) is 0 Å². The molecule has 0 aromatic heterocycles. The van der Waals surface area contributed by atoms with E-state index in [0.717, 1.165) is 11.8 Å². The van der Waals surface area contributed by atoms with Crippen LogP contribution in [0.4, 0.5) is 0 Å². The molecule has 0 spiro atoms. The molecule has 0 saturated carbocycles. The van der Waals surface area contributed by atoms with E-state index in [1.54, 1.807) is 0 Å². The summed E-state index contributed by atoms with van der Waals surface area (Å²) in [5, 5.41) is 0. The summed E-state index contributed by atoms with van der Waals surface area (Å²) in [5.74, 6) is 1.82. The molecule has 0 aromatic rings. The summed E-state index contributed by atoms with van der Waals surface area (Å²) in [6, 6.07) is 0. The Labute approximate surface area is 89.9 Å². The van der Waals surface area contributed by atoms with Gasteiger partial charge in [-0.2, -0.15) is 0 Å². The SMILES string of the molecule is CC(C)CCCCN1CCCC(C)C1. The van der Waals surface area contributed by atoms with Crippen molar-refractivity contribution in [3.63, 3.8) is 0 Å². The lowest BCUT2D eigenvalue weighted by atomic mass is 9.99. The summed E-state index contributed by atoms with van der Waals surface area (Å²) in [6.45, 7) is 11.1. The Morgan fingerprint density at radius 2 is 2.07 bits per heavy atom. The van der Waals surface area contributed by atoms with E-state index in [2.05, 4.69) is 25.7 Å². The van der Waals surface area contributed by atoms with Gasteiger partial charge in [0.15, 0.2) is 0 Å². The third kappa shape index (κ3) is 4.99. The zero-order chi connectivity index (χ0) is 10.4. The van der Waals surface area contributed by atoms with Gasteiger partial charge in [-0.25, -0.2) is 0 Å². The lowest BCUT2D eigenvalue weighted by molar-refractivity contribution is 0.180. The molecule has 0 bridgehead atoms. The zero-order valence-corrected chi connectivity index (χ0v) is 10.3. The van der Waals surface area contributed by atoms with Gasteiger partial charge in [0.05, 0.1) is 0 Å². The van der Waals surface area contributed by atoms with Crippen molar-refractivity contribution >= 4 is 0 Å². The van der Waals surface area contributed by atoms with Crippen LogP contribution in [0.3, 0.4) is 0 Å². The highest BCUT2D eigenvalue weighted by Gasteiger charge is 2.15. The minimum atomic E-state index is 0.885. The van der Waals surface area contributed by atoms with Gasteiger partial charge < -0.3 is 4.90 Å². The molecule has 84 valence electrons. The predicted molar refractivity (Wildman–Crippen MR) is 63.5 cm³/mol. The molecule has 1 nitrogen and oxygen atoms in total. The molecule has 1 saturated heterocycles. The summed E-state index contributed by atoms with van der Waals surface area (Å²) in [6.07, 6.45) is 7.10. The maximum atomic E-state index is 2.66. The summed E-state index contributed by atoms with van der Waals surface area (Å²) in [5.41, 5.74) is 0. The first kappa shape index (κ1) is 12.0. The fraction of sp³-hybridized carbons (Fsp3) is 1.00. The molecule has 0 radical (unpaired) electrons. The van der Waals surface area contributed by atoms with E-state index in [-0.39, 0.29) is 0 Å². The lowest BCUT2D eigenvalue weighted by Gasteiger charge is -2.30. The molecule has 1 aliphatic heterocycles. The van der Waals surface area contributed by atoms with Crippen LogP contribution in [-0.4, -0.2) is 24.5 Å². The van der Waals surface area contributed by atoms with Gasteiger partial charge in [0, 0.05) is 6.54 Å². The van der Waals surface area contributed by atoms with E-state index in [4.69, 9.17) is 0 Å². The topological polar surface area (TPSA) is 3.24 Å². The van der Waals surface area contributed by atoms with Crippen LogP contribution in [0.15, 0.2) is 0 Å². The molecule has 0 aromatic carbocycles. The Hall–Kier alpha value is -0.0400. The molecule has 1 unspecified atom stereocenters. The van der Waals surface area contributed by atoms with E-state index in [1.165, 1.54) is 51.7 Å². The number of rotatable bonds is 5. The van der Waals surface area contributed by atoms with Gasteiger partial charge in [-0.05, 0) is 44.2 Å². The number of hydrogen-bond acceptors (Lipinski definition) is 1. The van der Waals surface area contributed by atoms with Crippen LogP contribution in [0.1, 0.15) is 52.9 Å². The number of unbranched alkanes of at least 4 members (excludes halogenated alkanes) is 1. The van der Waals surface area contributed by atoms with Crippen LogP contribution < -0.4 is 0 Å². The van der Waals surface area contributed by atoms with Gasteiger partial charge in [0.2, 0.25) is 0 Å². The van der Waals surface area contributed by atoms with Crippen LogP contribution in [0, 0.1) is 11.8 Å². The minimum absolute atomic E-state index is 0.885. The van der Waals surface area contributed by atoms with Crippen molar-refractivity contribution in [3.05, 3.63) is 0 Å². The van der Waals surface area contributed by atoms with Crippen molar-refractivity contribution in [2.24, 2.45) is 11.8 Å². The maximum absolute atomic E-state index is 2.66. The second kappa shape index (κ2) is 6.44. The number of hydrogen-bond donors (Lipinski definition) is 0. The fourth-order valence-electron chi connectivity index (χ4n) is 2.38. The Kier molecular flexibility index (Phi) is 5.54. The number of likely N-dealkylation sites (tertiary alicyclic amines) is 1. The normalized spacial score (nSPS) is 24.4. The number of piperidine rings is 1. The molecule has 1 heteroatoms. The van der Waals surface area contributed by atoms with Gasteiger partial charge in [-0.3, -0.25) is 0 Å². The Bertz CT molecular complexity index is 142. The van der Waals surface area contributed by atoms with Crippen molar-refractivity contribution in [1.29, 1.82) is 0 Å². The predicted octanol–water partition coefficient (Wildman–Crippen LogP) is 3.54. The fourth-order valence-corrected chi connectivity index (χ4v) is 2.38. The van der Waals surface area contributed by atoms with E-state index in [9.17, 15) is 0 Å². The highest BCUT2D eigenvalue weighted by Crippen LogP contribution is 2.16. The Morgan fingerprint density at radius 3 is 2.71 bits per heavy atom. The van der Waals surface area contributed by atoms with Gasteiger partial charge in [0.25, 0.3) is 0 Å². The molecule has 0 aliphatic carbocycles.